The first-order valence-electron chi connectivity index (χ1n) is 7.71. The molecule has 1 amide bonds. The third-order valence-corrected chi connectivity index (χ3v) is 4.42. The fourth-order valence-corrected chi connectivity index (χ4v) is 2.98. The van der Waals surface area contributed by atoms with Gasteiger partial charge in [-0.05, 0) is 36.4 Å². The first kappa shape index (κ1) is 17.0. The van der Waals surface area contributed by atoms with Gasteiger partial charge in [0, 0.05) is 35.7 Å². The Kier molecular flexibility index (Phi) is 5.30. The van der Waals surface area contributed by atoms with Crippen LogP contribution in [0.2, 0.25) is 0 Å². The van der Waals surface area contributed by atoms with Gasteiger partial charge in [-0.15, -0.1) is 11.3 Å². The summed E-state index contributed by atoms with van der Waals surface area (Å²) in [6.07, 6.45) is 1.70. The van der Waals surface area contributed by atoms with Gasteiger partial charge in [-0.25, -0.2) is 9.37 Å². The summed E-state index contributed by atoms with van der Waals surface area (Å²) >= 11 is 1.54. The van der Waals surface area contributed by atoms with Crippen LogP contribution in [0.3, 0.4) is 0 Å². The largest absolute Gasteiger partial charge is 0.326 e. The van der Waals surface area contributed by atoms with Crippen molar-refractivity contribution in [3.63, 3.8) is 0 Å². The van der Waals surface area contributed by atoms with E-state index in [4.69, 9.17) is 0 Å². The summed E-state index contributed by atoms with van der Waals surface area (Å²) < 4.78 is 13.5. The average Bonchev–Trinajstić information content (AvgIpc) is 3.15. The Bertz CT molecular complexity index is 877. The minimum absolute atomic E-state index is 0.00139. The SMILES string of the molecule is O=C(CCC(=O)c1ccccc1F)Nc1ccc(-c2nccs2)cc1. The molecule has 1 N–H and O–H groups in total. The second-order valence-electron chi connectivity index (χ2n) is 5.37. The molecule has 0 saturated heterocycles. The van der Waals surface area contributed by atoms with Crippen molar-refractivity contribution in [3.05, 3.63) is 71.5 Å². The molecule has 0 unspecified atom stereocenters. The Morgan fingerprint density at radius 2 is 1.80 bits per heavy atom. The predicted octanol–water partition coefficient (Wildman–Crippen LogP) is 4.55. The minimum atomic E-state index is -0.564. The van der Waals surface area contributed by atoms with Gasteiger partial charge >= 0.3 is 0 Å². The average molecular weight is 354 g/mol. The molecule has 0 atom stereocenters. The topological polar surface area (TPSA) is 59.1 Å². The standard InChI is InChI=1S/C19H15FN2O2S/c20-16-4-2-1-3-15(16)17(23)9-10-18(24)22-14-7-5-13(6-8-14)19-21-11-12-25-19/h1-8,11-12H,9-10H2,(H,22,24). The number of nitrogens with zero attached hydrogens (tertiary/aromatic N) is 1. The molecule has 25 heavy (non-hydrogen) atoms. The van der Waals surface area contributed by atoms with Gasteiger partial charge in [-0.2, -0.15) is 0 Å². The number of carbonyl (C=O) groups excluding carboxylic acids is 2. The van der Waals surface area contributed by atoms with Crippen molar-refractivity contribution in [1.82, 2.24) is 4.98 Å². The molecule has 0 radical (unpaired) electrons. The van der Waals surface area contributed by atoms with E-state index in [1.165, 1.54) is 29.5 Å². The molecule has 3 rings (SSSR count). The maximum absolute atomic E-state index is 13.5. The van der Waals surface area contributed by atoms with E-state index in [9.17, 15) is 14.0 Å². The van der Waals surface area contributed by atoms with Gasteiger partial charge in [-0.3, -0.25) is 9.59 Å². The lowest BCUT2D eigenvalue weighted by Crippen LogP contribution is -2.14. The normalized spacial score (nSPS) is 10.4. The van der Waals surface area contributed by atoms with Crippen LogP contribution in [0.25, 0.3) is 10.6 Å². The zero-order valence-electron chi connectivity index (χ0n) is 13.2. The summed E-state index contributed by atoms with van der Waals surface area (Å²) in [6.45, 7) is 0. The molecule has 0 aliphatic carbocycles. The second kappa shape index (κ2) is 7.81. The molecule has 0 bridgehead atoms. The van der Waals surface area contributed by atoms with Crippen LogP contribution in [0.15, 0.2) is 60.1 Å². The van der Waals surface area contributed by atoms with Crippen molar-refractivity contribution in [2.45, 2.75) is 12.8 Å². The fourth-order valence-electron chi connectivity index (χ4n) is 2.33. The molecule has 126 valence electrons. The van der Waals surface area contributed by atoms with Gasteiger partial charge in [0.05, 0.1) is 5.56 Å². The smallest absolute Gasteiger partial charge is 0.224 e. The zero-order valence-corrected chi connectivity index (χ0v) is 14.1. The van der Waals surface area contributed by atoms with Crippen molar-refractivity contribution in [2.75, 3.05) is 5.32 Å². The Morgan fingerprint density at radius 3 is 2.48 bits per heavy atom. The predicted molar refractivity (Wildman–Crippen MR) is 96.1 cm³/mol. The van der Waals surface area contributed by atoms with Crippen LogP contribution < -0.4 is 5.32 Å². The number of amides is 1. The Hall–Kier alpha value is -2.86. The maximum atomic E-state index is 13.5. The van der Waals surface area contributed by atoms with Gasteiger partial charge < -0.3 is 5.32 Å². The summed E-state index contributed by atoms with van der Waals surface area (Å²) in [5.74, 6) is -1.23. The van der Waals surface area contributed by atoms with Crippen LogP contribution in [0.1, 0.15) is 23.2 Å². The second-order valence-corrected chi connectivity index (χ2v) is 6.26. The third kappa shape index (κ3) is 4.36. The van der Waals surface area contributed by atoms with Gasteiger partial charge in [0.2, 0.25) is 5.91 Å². The Labute approximate surface area is 148 Å². The maximum Gasteiger partial charge on any atom is 0.224 e. The highest BCUT2D eigenvalue weighted by molar-refractivity contribution is 7.13. The van der Waals surface area contributed by atoms with Gasteiger partial charge in [0.25, 0.3) is 0 Å². The van der Waals surface area contributed by atoms with E-state index in [2.05, 4.69) is 10.3 Å². The Morgan fingerprint density at radius 1 is 1.04 bits per heavy atom. The number of rotatable bonds is 6. The molecule has 1 aromatic heterocycles. The number of nitrogens with one attached hydrogen (secondary N) is 1. The summed E-state index contributed by atoms with van der Waals surface area (Å²) in [4.78, 5) is 28.2. The number of aromatic nitrogens is 1. The third-order valence-electron chi connectivity index (χ3n) is 3.60. The highest BCUT2D eigenvalue weighted by Gasteiger charge is 2.13. The van der Waals surface area contributed by atoms with E-state index in [1.807, 2.05) is 17.5 Å². The minimum Gasteiger partial charge on any atom is -0.326 e. The van der Waals surface area contributed by atoms with E-state index in [0.717, 1.165) is 10.6 Å². The van der Waals surface area contributed by atoms with Crippen molar-refractivity contribution in [1.29, 1.82) is 0 Å². The van der Waals surface area contributed by atoms with Gasteiger partial charge in [0.15, 0.2) is 5.78 Å². The number of thiazole rings is 1. The number of ketones is 1. The molecule has 0 saturated carbocycles. The molecule has 6 heteroatoms. The number of benzene rings is 2. The monoisotopic (exact) mass is 354 g/mol. The summed E-state index contributed by atoms with van der Waals surface area (Å²) in [5.41, 5.74) is 1.63. The number of hydrogen-bond acceptors (Lipinski definition) is 4. The van der Waals surface area contributed by atoms with E-state index in [0.29, 0.717) is 5.69 Å². The zero-order chi connectivity index (χ0) is 17.6. The van der Waals surface area contributed by atoms with E-state index >= 15 is 0 Å². The van der Waals surface area contributed by atoms with Crippen LogP contribution in [0.5, 0.6) is 0 Å². The van der Waals surface area contributed by atoms with Crippen LogP contribution in [0, 0.1) is 5.82 Å². The number of Topliss-reactive ketones (excluding diaryl/α,β-unsaturated/α-hetero) is 1. The lowest BCUT2D eigenvalue weighted by atomic mass is 10.1. The summed E-state index contributed by atoms with van der Waals surface area (Å²) in [7, 11) is 0. The molecule has 0 aliphatic rings. The Balaban J connectivity index is 1.54. The highest BCUT2D eigenvalue weighted by atomic mass is 32.1. The van der Waals surface area contributed by atoms with E-state index < -0.39 is 5.82 Å². The van der Waals surface area contributed by atoms with Crippen molar-refractivity contribution in [2.24, 2.45) is 0 Å². The van der Waals surface area contributed by atoms with E-state index in [-0.39, 0.29) is 30.1 Å². The first-order chi connectivity index (χ1) is 12.1. The van der Waals surface area contributed by atoms with Gasteiger partial charge in [-0.1, -0.05) is 12.1 Å². The van der Waals surface area contributed by atoms with Crippen molar-refractivity contribution >= 4 is 28.7 Å². The fraction of sp³-hybridized carbons (Fsp3) is 0.105. The van der Waals surface area contributed by atoms with E-state index in [1.54, 1.807) is 24.4 Å². The molecule has 2 aromatic carbocycles. The molecule has 4 nitrogen and oxygen atoms in total. The first-order valence-corrected chi connectivity index (χ1v) is 8.59. The molecule has 1 heterocycles. The molecule has 0 aliphatic heterocycles. The van der Waals surface area contributed by atoms with Crippen LogP contribution >= 0.6 is 11.3 Å². The van der Waals surface area contributed by atoms with Gasteiger partial charge in [0.1, 0.15) is 10.8 Å². The number of carbonyl (C=O) groups is 2. The number of hydrogen-bond donors (Lipinski definition) is 1. The molecular formula is C19H15FN2O2S. The molecular weight excluding hydrogens is 339 g/mol. The van der Waals surface area contributed by atoms with Crippen molar-refractivity contribution in [3.8, 4) is 10.6 Å². The molecule has 0 fully saturated rings. The van der Waals surface area contributed by atoms with Crippen LogP contribution in [-0.4, -0.2) is 16.7 Å². The van der Waals surface area contributed by atoms with Crippen LogP contribution in [-0.2, 0) is 4.79 Å². The molecule has 3 aromatic rings. The van der Waals surface area contributed by atoms with Crippen LogP contribution in [0.4, 0.5) is 10.1 Å². The quantitative estimate of drug-likeness (QED) is 0.661. The summed E-state index contributed by atoms with van der Waals surface area (Å²) in [6, 6.07) is 13.1. The lowest BCUT2D eigenvalue weighted by Gasteiger charge is -2.06. The lowest BCUT2D eigenvalue weighted by molar-refractivity contribution is -0.116. The number of halogens is 1. The van der Waals surface area contributed by atoms with Crippen molar-refractivity contribution < 1.29 is 14.0 Å². The number of anilines is 1. The summed E-state index contributed by atoms with van der Waals surface area (Å²) in [5, 5.41) is 5.54. The molecule has 0 spiro atoms. The highest BCUT2D eigenvalue weighted by Crippen LogP contribution is 2.23.